The highest BCUT2D eigenvalue weighted by Crippen LogP contribution is 2.31. The Bertz CT molecular complexity index is 1750. The van der Waals surface area contributed by atoms with E-state index in [2.05, 4.69) is 44.4 Å². The summed E-state index contributed by atoms with van der Waals surface area (Å²) < 4.78 is 22.1. The summed E-state index contributed by atoms with van der Waals surface area (Å²) in [5.41, 5.74) is 8.04. The third kappa shape index (κ3) is 12.8. The average Bonchev–Trinajstić information content (AvgIpc) is 3.33. The van der Waals surface area contributed by atoms with Gasteiger partial charge in [0, 0.05) is 67.5 Å². The highest BCUT2D eigenvalue weighted by Gasteiger charge is 2.19. The molecule has 1 aromatic rings. The van der Waals surface area contributed by atoms with E-state index < -0.39 is 5.83 Å². The number of ether oxygens (including phenoxy) is 1. The number of hydrogen-bond acceptors (Lipinski definition) is 8. The highest BCUT2D eigenvalue weighted by molar-refractivity contribution is 6.33. The standard InChI is InChI=1S/C36H48ClFN10O3/c1-7-10-29(51-22-16-39)31(38)30(37)24(4)25(5)48-21-20-43-32(33(48)42-6)47-27-13-12-26(8-2)28(15-14-27)35(50)45-19-18-44-34(49)23(3)11-9-17-46-36(40)41/h10,13-15,20-21,23H,4-5,7-9,11-12,17-19,22H2,1-3,6H3,(H,43,47)(H,44,49)(H,45,50)(H4,40,41,46)/b29-10+,31-30-,42-33-/t23-/m1/s1. The number of guanidine groups is 1. The zero-order valence-electron chi connectivity index (χ0n) is 29.7. The Labute approximate surface area is 303 Å². The smallest absolute Gasteiger partial charge is 0.251 e. The molecule has 13 nitrogen and oxygen atoms in total. The van der Waals surface area contributed by atoms with Crippen LogP contribution in [0.4, 0.5) is 10.2 Å². The quantitative estimate of drug-likeness (QED) is 0.0386. The number of allylic oxidation sites excluding steroid dienone is 8. The molecule has 1 aliphatic rings. The zero-order valence-corrected chi connectivity index (χ0v) is 30.4. The third-order valence-electron chi connectivity index (χ3n) is 7.67. The Morgan fingerprint density at radius 2 is 1.98 bits per heavy atom. The van der Waals surface area contributed by atoms with Crippen LogP contribution in [0, 0.1) is 22.7 Å². The Balaban J connectivity index is 2.13. The fourth-order valence-electron chi connectivity index (χ4n) is 4.85. The van der Waals surface area contributed by atoms with Crippen LogP contribution in [0.2, 0.25) is 0 Å². The van der Waals surface area contributed by atoms with Crippen molar-refractivity contribution in [2.24, 2.45) is 16.6 Å². The van der Waals surface area contributed by atoms with Crippen LogP contribution in [0.15, 0.2) is 93.9 Å². The summed E-state index contributed by atoms with van der Waals surface area (Å²) in [5.74, 6) is -1.35. The third-order valence-corrected chi connectivity index (χ3v) is 8.06. The molecule has 274 valence electrons. The van der Waals surface area contributed by atoms with Crippen molar-refractivity contribution in [3.8, 4) is 6.07 Å². The second-order valence-corrected chi connectivity index (χ2v) is 11.7. The van der Waals surface area contributed by atoms with E-state index in [0.717, 1.165) is 5.57 Å². The van der Waals surface area contributed by atoms with Crippen LogP contribution >= 0.6 is 11.6 Å². The second kappa shape index (κ2) is 21.6. The number of amides is 2. The number of hydrogen-bond donors (Lipinski definition) is 6. The van der Waals surface area contributed by atoms with Crippen molar-refractivity contribution in [3.05, 3.63) is 94.4 Å². The first-order chi connectivity index (χ1) is 24.4. The number of aromatic nitrogens is 2. The molecule has 0 saturated carbocycles. The molecule has 0 fully saturated rings. The van der Waals surface area contributed by atoms with Gasteiger partial charge >= 0.3 is 0 Å². The van der Waals surface area contributed by atoms with Crippen LogP contribution in [0.3, 0.4) is 0 Å². The van der Waals surface area contributed by atoms with Gasteiger partial charge in [0.25, 0.3) is 5.91 Å². The molecule has 1 atom stereocenters. The van der Waals surface area contributed by atoms with Crippen molar-refractivity contribution in [1.29, 1.82) is 10.7 Å². The maximum absolute atomic E-state index is 15.3. The second-order valence-electron chi connectivity index (χ2n) is 11.3. The predicted octanol–water partition coefficient (Wildman–Crippen LogP) is 4.79. The summed E-state index contributed by atoms with van der Waals surface area (Å²) in [7, 11) is 1.57. The summed E-state index contributed by atoms with van der Waals surface area (Å²) >= 11 is 6.39. The first kappa shape index (κ1) is 41.7. The van der Waals surface area contributed by atoms with E-state index in [4.69, 9.17) is 32.7 Å². The van der Waals surface area contributed by atoms with Crippen molar-refractivity contribution in [1.82, 2.24) is 25.5 Å². The molecule has 1 heterocycles. The van der Waals surface area contributed by atoms with Gasteiger partial charge in [0.2, 0.25) is 5.91 Å². The van der Waals surface area contributed by atoms with Crippen molar-refractivity contribution < 1.29 is 18.7 Å². The topological polar surface area (TPSA) is 195 Å². The Kier molecular flexibility index (Phi) is 17.7. The molecule has 15 heteroatoms. The van der Waals surface area contributed by atoms with E-state index in [1.54, 1.807) is 36.9 Å². The number of anilines is 1. The van der Waals surface area contributed by atoms with Crippen molar-refractivity contribution >= 4 is 40.9 Å². The zero-order chi connectivity index (χ0) is 37.9. The number of nitriles is 1. The summed E-state index contributed by atoms with van der Waals surface area (Å²) in [6.45, 7) is 14.3. The van der Waals surface area contributed by atoms with E-state index in [-0.39, 0.29) is 65.4 Å². The monoisotopic (exact) mass is 722 g/mol. The fourth-order valence-corrected chi connectivity index (χ4v) is 5.05. The number of nitrogens with one attached hydrogen (secondary N) is 5. The normalized spacial score (nSPS) is 14.3. The van der Waals surface area contributed by atoms with Gasteiger partial charge in [0.05, 0.1) is 5.03 Å². The van der Waals surface area contributed by atoms with Crippen LogP contribution in [-0.2, 0) is 14.3 Å². The van der Waals surface area contributed by atoms with Crippen LogP contribution in [0.1, 0.15) is 52.9 Å². The van der Waals surface area contributed by atoms with Gasteiger partial charge in [-0.3, -0.25) is 24.6 Å². The number of nitrogens with zero attached hydrogens (tertiary/aromatic N) is 4. The molecular weight excluding hydrogens is 675 g/mol. The van der Waals surface area contributed by atoms with Crippen molar-refractivity contribution in [2.75, 3.05) is 38.6 Å². The molecule has 1 aliphatic carbocycles. The summed E-state index contributed by atoms with van der Waals surface area (Å²) in [6.07, 6.45) is 13.0. The van der Waals surface area contributed by atoms with Gasteiger partial charge in [-0.2, -0.15) is 5.26 Å². The minimum atomic E-state index is -0.873. The maximum atomic E-state index is 15.3. The Hall–Kier alpha value is -5.42. The van der Waals surface area contributed by atoms with Gasteiger partial charge in [0.15, 0.2) is 35.5 Å². The highest BCUT2D eigenvalue weighted by atomic mass is 35.5. The summed E-state index contributed by atoms with van der Waals surface area (Å²) in [5, 5.41) is 27.4. The van der Waals surface area contributed by atoms with Gasteiger partial charge in [-0.15, -0.1) is 0 Å². The molecule has 0 aromatic carbocycles. The minimum absolute atomic E-state index is 0.0672. The van der Waals surface area contributed by atoms with E-state index in [0.29, 0.717) is 61.2 Å². The van der Waals surface area contributed by atoms with Gasteiger partial charge in [-0.25, -0.2) is 9.37 Å². The molecule has 0 bridgehead atoms. The van der Waals surface area contributed by atoms with Gasteiger partial charge in [-0.05, 0) is 50.3 Å². The first-order valence-corrected chi connectivity index (χ1v) is 16.9. The van der Waals surface area contributed by atoms with Crippen LogP contribution in [0.5, 0.6) is 0 Å². The lowest BCUT2D eigenvalue weighted by atomic mass is 10.0. The molecule has 0 aliphatic heterocycles. The molecule has 1 aromatic heterocycles. The number of carbonyl (C=O) groups is 2. The fraction of sp³-hybridized carbons (Fsp3) is 0.389. The molecule has 0 unspecified atom stereocenters. The van der Waals surface area contributed by atoms with E-state index in [9.17, 15) is 9.59 Å². The lowest BCUT2D eigenvalue weighted by Gasteiger charge is -2.16. The largest absolute Gasteiger partial charge is 0.476 e. The lowest BCUT2D eigenvalue weighted by Crippen LogP contribution is -2.37. The Morgan fingerprint density at radius 1 is 1.25 bits per heavy atom. The number of halogens is 2. The molecule has 0 spiro atoms. The van der Waals surface area contributed by atoms with Crippen molar-refractivity contribution in [3.63, 3.8) is 0 Å². The first-order valence-electron chi connectivity index (χ1n) is 16.6. The van der Waals surface area contributed by atoms with Gasteiger partial charge in [0.1, 0.15) is 6.07 Å². The van der Waals surface area contributed by atoms with Gasteiger partial charge in [-0.1, -0.05) is 57.2 Å². The number of nitrogens with two attached hydrogens (primary N) is 1. The van der Waals surface area contributed by atoms with E-state index >= 15 is 4.39 Å². The van der Waals surface area contributed by atoms with Crippen LogP contribution < -0.4 is 32.5 Å². The maximum Gasteiger partial charge on any atom is 0.251 e. The molecule has 0 saturated heterocycles. The SMILES string of the molecule is C=C(C(=C)n1ccnc(NC2=CCC(CC)=C(C(=O)NCCNC(=O)[C@H](C)CCCNC(=N)N)C=C2)/c1=N/C)/C(Cl)=C(F)\C(=C/CC)OCC#N. The average molecular weight is 723 g/mol. The number of rotatable bonds is 19. The molecular formula is C36H48ClFN10O3. The molecule has 7 N–H and O–H groups in total. The van der Waals surface area contributed by atoms with Crippen LogP contribution in [-0.4, -0.2) is 60.6 Å². The predicted molar refractivity (Wildman–Crippen MR) is 199 cm³/mol. The molecule has 2 amide bonds. The van der Waals surface area contributed by atoms with E-state index in [1.807, 2.05) is 26.0 Å². The van der Waals surface area contributed by atoms with Crippen molar-refractivity contribution in [2.45, 2.75) is 52.9 Å². The molecule has 0 radical (unpaired) electrons. The van der Waals surface area contributed by atoms with E-state index in [1.165, 1.54) is 12.3 Å². The van der Waals surface area contributed by atoms with Crippen LogP contribution in [0.25, 0.3) is 5.70 Å². The molecule has 2 rings (SSSR count). The number of carbonyl (C=O) groups excluding carboxylic acids is 2. The summed E-state index contributed by atoms with van der Waals surface area (Å²) in [6, 6.07) is 1.81. The molecule has 51 heavy (non-hydrogen) atoms. The minimum Gasteiger partial charge on any atom is -0.476 e. The Morgan fingerprint density at radius 3 is 2.63 bits per heavy atom. The van der Waals surface area contributed by atoms with Gasteiger partial charge < -0.3 is 31.7 Å². The lowest BCUT2D eigenvalue weighted by molar-refractivity contribution is -0.125. The summed E-state index contributed by atoms with van der Waals surface area (Å²) in [4.78, 5) is 34.4.